The highest BCUT2D eigenvalue weighted by Gasteiger charge is 2.13. The third-order valence-electron chi connectivity index (χ3n) is 2.13. The van der Waals surface area contributed by atoms with Crippen LogP contribution in [-0.4, -0.2) is 23.0 Å². The second kappa shape index (κ2) is 3.88. The van der Waals surface area contributed by atoms with Crippen LogP contribution in [0.3, 0.4) is 0 Å². The van der Waals surface area contributed by atoms with Gasteiger partial charge in [-0.3, -0.25) is 4.79 Å². The fraction of sp³-hybridized carbons (Fsp3) is 0.200. The summed E-state index contributed by atoms with van der Waals surface area (Å²) in [6.45, 7) is 0. The summed E-state index contributed by atoms with van der Waals surface area (Å²) in [7, 11) is 1.24. The van der Waals surface area contributed by atoms with Gasteiger partial charge >= 0.3 is 5.97 Å². The fourth-order valence-corrected chi connectivity index (χ4v) is 1.36. The first-order valence-corrected chi connectivity index (χ1v) is 4.51. The summed E-state index contributed by atoms with van der Waals surface area (Å²) in [5.74, 6) is -2.25. The van der Waals surface area contributed by atoms with E-state index in [0.717, 1.165) is 6.07 Å². The largest absolute Gasteiger partial charge is 0.469 e. The van der Waals surface area contributed by atoms with Crippen molar-refractivity contribution in [3.8, 4) is 0 Å². The molecule has 1 aromatic heterocycles. The predicted octanol–water partition coefficient (Wildman–Crippen LogP) is 1.56. The third kappa shape index (κ3) is 1.73. The van der Waals surface area contributed by atoms with Crippen molar-refractivity contribution in [1.29, 1.82) is 0 Å². The average Bonchev–Trinajstić information content (AvgIpc) is 2.67. The Morgan fingerprint density at radius 1 is 1.50 bits per heavy atom. The van der Waals surface area contributed by atoms with E-state index in [9.17, 15) is 13.6 Å². The Hall–Kier alpha value is -1.98. The van der Waals surface area contributed by atoms with Gasteiger partial charge in [-0.2, -0.15) is 0 Å². The lowest BCUT2D eigenvalue weighted by molar-refractivity contribution is -0.139. The van der Waals surface area contributed by atoms with Crippen molar-refractivity contribution in [3.63, 3.8) is 0 Å². The van der Waals surface area contributed by atoms with Gasteiger partial charge in [0.2, 0.25) is 0 Å². The van der Waals surface area contributed by atoms with Crippen LogP contribution in [0.5, 0.6) is 0 Å². The molecule has 0 fully saturated rings. The van der Waals surface area contributed by atoms with Gasteiger partial charge in [-0.25, -0.2) is 13.8 Å². The van der Waals surface area contributed by atoms with Crippen LogP contribution >= 0.6 is 0 Å². The highest BCUT2D eigenvalue weighted by Crippen LogP contribution is 2.18. The van der Waals surface area contributed by atoms with Crippen LogP contribution in [-0.2, 0) is 16.0 Å². The maximum absolute atomic E-state index is 13.3. The number of halogens is 2. The summed E-state index contributed by atoms with van der Waals surface area (Å²) in [4.78, 5) is 17.5. The number of hydrogen-bond donors (Lipinski definition) is 1. The second-order valence-corrected chi connectivity index (χ2v) is 3.19. The number of aromatic amines is 1. The first-order chi connectivity index (χ1) is 7.61. The molecular formula is C10H8F2N2O2. The molecule has 1 heterocycles. The molecule has 2 aromatic rings. The molecule has 0 bridgehead atoms. The molecule has 0 saturated carbocycles. The molecule has 0 unspecified atom stereocenters. The van der Waals surface area contributed by atoms with Gasteiger partial charge in [-0.15, -0.1) is 0 Å². The van der Waals surface area contributed by atoms with Crippen molar-refractivity contribution in [1.82, 2.24) is 9.97 Å². The van der Waals surface area contributed by atoms with Crippen molar-refractivity contribution in [2.75, 3.05) is 7.11 Å². The topological polar surface area (TPSA) is 55.0 Å². The van der Waals surface area contributed by atoms with Crippen LogP contribution in [0.4, 0.5) is 8.78 Å². The van der Waals surface area contributed by atoms with Crippen LogP contribution in [0.2, 0.25) is 0 Å². The Morgan fingerprint density at radius 3 is 2.94 bits per heavy atom. The van der Waals surface area contributed by atoms with Crippen molar-refractivity contribution in [2.45, 2.75) is 6.42 Å². The van der Waals surface area contributed by atoms with Crippen LogP contribution in [0.15, 0.2) is 12.1 Å². The minimum absolute atomic E-state index is 0.105. The molecule has 1 aromatic carbocycles. The number of nitrogens with zero attached hydrogens (tertiary/aromatic N) is 1. The van der Waals surface area contributed by atoms with Gasteiger partial charge in [0, 0.05) is 0 Å². The Balaban J connectivity index is 2.44. The number of rotatable bonds is 2. The normalized spacial score (nSPS) is 10.7. The summed E-state index contributed by atoms with van der Waals surface area (Å²) in [5.41, 5.74) is 0.233. The molecule has 0 amide bonds. The Labute approximate surface area is 89.2 Å². The summed E-state index contributed by atoms with van der Waals surface area (Å²) >= 11 is 0. The van der Waals surface area contributed by atoms with Gasteiger partial charge in [-0.05, 0) is 12.1 Å². The molecule has 0 radical (unpaired) electrons. The van der Waals surface area contributed by atoms with Gasteiger partial charge in [0.15, 0.2) is 11.6 Å². The third-order valence-corrected chi connectivity index (χ3v) is 2.13. The molecule has 0 aliphatic carbocycles. The number of ether oxygens (including phenoxy) is 1. The molecule has 0 aliphatic heterocycles. The van der Waals surface area contributed by atoms with E-state index >= 15 is 0 Å². The number of hydrogen-bond acceptors (Lipinski definition) is 3. The molecule has 0 aliphatic rings. The van der Waals surface area contributed by atoms with E-state index in [2.05, 4.69) is 14.7 Å². The monoisotopic (exact) mass is 226 g/mol. The van der Waals surface area contributed by atoms with Gasteiger partial charge in [0.05, 0.1) is 12.6 Å². The van der Waals surface area contributed by atoms with Gasteiger partial charge in [-0.1, -0.05) is 0 Å². The smallest absolute Gasteiger partial charge is 0.313 e. The first kappa shape index (κ1) is 10.5. The highest BCUT2D eigenvalue weighted by atomic mass is 19.2. The summed E-state index contributed by atoms with van der Waals surface area (Å²) in [6.07, 6.45) is -0.105. The summed E-state index contributed by atoms with van der Waals surface area (Å²) in [6, 6.07) is 2.36. The number of esters is 1. The minimum Gasteiger partial charge on any atom is -0.469 e. The lowest BCUT2D eigenvalue weighted by Crippen LogP contribution is -2.05. The van der Waals surface area contributed by atoms with Crippen LogP contribution < -0.4 is 0 Å². The summed E-state index contributed by atoms with van der Waals surface area (Å²) < 4.78 is 30.6. The Morgan fingerprint density at radius 2 is 2.25 bits per heavy atom. The molecule has 84 valence electrons. The number of fused-ring (bicyclic) bond motifs is 1. The first-order valence-electron chi connectivity index (χ1n) is 4.51. The zero-order valence-electron chi connectivity index (χ0n) is 8.38. The van der Waals surface area contributed by atoms with Crippen molar-refractivity contribution in [3.05, 3.63) is 29.6 Å². The maximum atomic E-state index is 13.3. The van der Waals surface area contributed by atoms with Crippen molar-refractivity contribution >= 4 is 17.0 Å². The molecule has 1 N–H and O–H groups in total. The van der Waals surface area contributed by atoms with Crippen LogP contribution in [0.25, 0.3) is 11.0 Å². The highest BCUT2D eigenvalue weighted by molar-refractivity contribution is 5.78. The number of imidazole rings is 1. The van der Waals surface area contributed by atoms with Gasteiger partial charge in [0.1, 0.15) is 17.8 Å². The molecule has 16 heavy (non-hydrogen) atoms. The fourth-order valence-electron chi connectivity index (χ4n) is 1.36. The van der Waals surface area contributed by atoms with E-state index in [4.69, 9.17) is 0 Å². The predicted molar refractivity (Wildman–Crippen MR) is 51.7 cm³/mol. The lowest BCUT2D eigenvalue weighted by Gasteiger charge is -1.93. The molecular weight excluding hydrogens is 218 g/mol. The van der Waals surface area contributed by atoms with E-state index in [1.54, 1.807) is 0 Å². The minimum atomic E-state index is -1.02. The second-order valence-electron chi connectivity index (χ2n) is 3.19. The standard InChI is InChI=1S/C10H8F2N2O2/c1-16-8(15)4-7-13-6-3-2-5(11)9(12)10(6)14-7/h2-3H,4H2,1H3,(H,13,14). The van der Waals surface area contributed by atoms with Crippen LogP contribution in [0, 0.1) is 11.6 Å². The SMILES string of the molecule is COC(=O)Cc1nc2c(F)c(F)ccc2[nH]1. The summed E-state index contributed by atoms with van der Waals surface area (Å²) in [5, 5.41) is 0. The molecule has 0 saturated heterocycles. The van der Waals surface area contributed by atoms with Crippen LogP contribution in [0.1, 0.15) is 5.82 Å². The van der Waals surface area contributed by atoms with E-state index in [1.165, 1.54) is 13.2 Å². The number of nitrogens with one attached hydrogen (secondary N) is 1. The van der Waals surface area contributed by atoms with E-state index < -0.39 is 17.6 Å². The lowest BCUT2D eigenvalue weighted by atomic mass is 10.3. The number of benzene rings is 1. The maximum Gasteiger partial charge on any atom is 0.313 e. The van der Waals surface area contributed by atoms with Crippen molar-refractivity contribution < 1.29 is 18.3 Å². The number of carbonyl (C=O) groups is 1. The van der Waals surface area contributed by atoms with Crippen molar-refractivity contribution in [2.24, 2.45) is 0 Å². The van der Waals surface area contributed by atoms with E-state index in [-0.39, 0.29) is 17.8 Å². The zero-order valence-corrected chi connectivity index (χ0v) is 8.38. The number of H-pyrrole nitrogens is 1. The van der Waals surface area contributed by atoms with E-state index in [1.807, 2.05) is 0 Å². The molecule has 6 heteroatoms. The zero-order chi connectivity index (χ0) is 11.7. The van der Waals surface area contributed by atoms with E-state index in [0.29, 0.717) is 5.52 Å². The molecule has 2 rings (SSSR count). The Kier molecular flexibility index (Phi) is 2.55. The van der Waals surface area contributed by atoms with Gasteiger partial charge in [0.25, 0.3) is 0 Å². The molecule has 4 nitrogen and oxygen atoms in total. The molecule has 0 atom stereocenters. The Bertz CT molecular complexity index is 551. The average molecular weight is 226 g/mol. The quantitative estimate of drug-likeness (QED) is 0.790. The number of carbonyl (C=O) groups excluding carboxylic acids is 1. The number of methoxy groups -OCH3 is 1. The van der Waals surface area contributed by atoms with Gasteiger partial charge < -0.3 is 9.72 Å². The number of aromatic nitrogens is 2. The molecule has 0 spiro atoms.